The first-order valence-electron chi connectivity index (χ1n) is 8.80. The zero-order valence-electron chi connectivity index (χ0n) is 15.2. The number of methoxy groups -OCH3 is 1. The van der Waals surface area contributed by atoms with E-state index in [0.29, 0.717) is 11.4 Å². The number of Topliss-reactive ketones (excluding diaryl/α,β-unsaturated/α-hetero) is 1. The minimum absolute atomic E-state index is 0.105. The standard InChI is InChI=1S/C18H21N5O5/c1-27-13-12(25)11(7-24)28-17(13)23-9-21-14-16(23)20-8-22-18(14,19)15(26)10-5-3-2-4-6-10/h2-6,8,11-13,17,24-25H,7,9,19H2,1H3/t11-,12-,13-,17-,18?/m1/s1. The van der Waals surface area contributed by atoms with Gasteiger partial charge >= 0.3 is 0 Å². The van der Waals surface area contributed by atoms with Gasteiger partial charge in [-0.3, -0.25) is 15.5 Å². The predicted octanol–water partition coefficient (Wildman–Crippen LogP) is -1.23. The van der Waals surface area contributed by atoms with Crippen LogP contribution in [0.3, 0.4) is 0 Å². The summed E-state index contributed by atoms with van der Waals surface area (Å²) in [6.45, 7) is -0.256. The molecule has 0 saturated carbocycles. The molecule has 0 spiro atoms. The molecule has 5 atom stereocenters. The molecule has 1 aromatic rings. The van der Waals surface area contributed by atoms with Gasteiger partial charge in [0, 0.05) is 12.7 Å². The van der Waals surface area contributed by atoms with Gasteiger partial charge in [0.15, 0.2) is 12.1 Å². The second kappa shape index (κ2) is 7.15. The summed E-state index contributed by atoms with van der Waals surface area (Å²) in [7, 11) is 1.44. The first kappa shape index (κ1) is 18.8. The Balaban J connectivity index is 1.63. The number of nitrogens with two attached hydrogens (primary N) is 1. The summed E-state index contributed by atoms with van der Waals surface area (Å²) in [5.74, 6) is -0.0686. The van der Waals surface area contributed by atoms with Crippen molar-refractivity contribution in [2.24, 2.45) is 20.7 Å². The molecule has 1 fully saturated rings. The lowest BCUT2D eigenvalue weighted by atomic mass is 9.93. The molecular weight excluding hydrogens is 366 g/mol. The van der Waals surface area contributed by atoms with Gasteiger partial charge in [-0.2, -0.15) is 0 Å². The van der Waals surface area contributed by atoms with E-state index in [9.17, 15) is 15.0 Å². The van der Waals surface area contributed by atoms with Crippen molar-refractivity contribution < 1.29 is 24.5 Å². The average molecular weight is 387 g/mol. The van der Waals surface area contributed by atoms with Crippen LogP contribution in [-0.4, -0.2) is 89.4 Å². The lowest BCUT2D eigenvalue weighted by Crippen LogP contribution is -2.59. The number of hydrogen-bond acceptors (Lipinski definition) is 10. The Morgan fingerprint density at radius 2 is 2.18 bits per heavy atom. The maximum Gasteiger partial charge on any atom is 0.219 e. The quantitative estimate of drug-likeness (QED) is 0.537. The second-order valence-electron chi connectivity index (χ2n) is 6.72. The number of aliphatic hydroxyl groups excluding tert-OH is 2. The van der Waals surface area contributed by atoms with E-state index >= 15 is 0 Å². The number of aliphatic imine (C=N–C) groups is 3. The third-order valence-electron chi connectivity index (χ3n) is 5.12. The van der Waals surface area contributed by atoms with Crippen LogP contribution in [0.4, 0.5) is 0 Å². The minimum Gasteiger partial charge on any atom is -0.394 e. The van der Waals surface area contributed by atoms with E-state index in [1.165, 1.54) is 13.4 Å². The number of nitrogens with zero attached hydrogens (tertiary/aromatic N) is 4. The minimum atomic E-state index is -1.71. The fraction of sp³-hybridized carbons (Fsp3) is 0.444. The molecule has 148 valence electrons. The van der Waals surface area contributed by atoms with Crippen LogP contribution in [0.2, 0.25) is 0 Å². The van der Waals surface area contributed by atoms with Crippen LogP contribution in [0.15, 0.2) is 45.3 Å². The molecule has 0 bridgehead atoms. The maximum absolute atomic E-state index is 13.0. The van der Waals surface area contributed by atoms with Crippen LogP contribution >= 0.6 is 0 Å². The fourth-order valence-corrected chi connectivity index (χ4v) is 3.63. The van der Waals surface area contributed by atoms with Crippen molar-refractivity contribution in [3.05, 3.63) is 35.9 Å². The lowest BCUT2D eigenvalue weighted by molar-refractivity contribution is -0.0765. The smallest absolute Gasteiger partial charge is 0.219 e. The fourth-order valence-electron chi connectivity index (χ4n) is 3.63. The summed E-state index contributed by atoms with van der Waals surface area (Å²) in [6.07, 6.45) is -2.07. The number of aliphatic hydroxyl groups is 2. The molecule has 10 heteroatoms. The van der Waals surface area contributed by atoms with Crippen LogP contribution in [-0.2, 0) is 9.47 Å². The highest BCUT2D eigenvalue weighted by Crippen LogP contribution is 2.31. The molecule has 0 amide bonds. The summed E-state index contributed by atoms with van der Waals surface area (Å²) >= 11 is 0. The Hall–Kier alpha value is -2.50. The van der Waals surface area contributed by atoms with Gasteiger partial charge < -0.3 is 24.6 Å². The molecule has 1 saturated heterocycles. The van der Waals surface area contributed by atoms with Crippen LogP contribution < -0.4 is 5.73 Å². The van der Waals surface area contributed by atoms with E-state index in [0.717, 1.165) is 0 Å². The number of benzene rings is 1. The number of hydrogen-bond donors (Lipinski definition) is 3. The van der Waals surface area contributed by atoms with Crippen LogP contribution in [0.1, 0.15) is 10.4 Å². The molecule has 0 aromatic heterocycles. The Bertz CT molecular complexity index is 857. The van der Waals surface area contributed by atoms with Crippen LogP contribution in [0.5, 0.6) is 0 Å². The number of amidine groups is 1. The highest BCUT2D eigenvalue weighted by Gasteiger charge is 2.53. The van der Waals surface area contributed by atoms with E-state index in [-0.39, 0.29) is 19.0 Å². The zero-order chi connectivity index (χ0) is 19.9. The van der Waals surface area contributed by atoms with Gasteiger partial charge in [0.25, 0.3) is 0 Å². The number of rotatable bonds is 5. The van der Waals surface area contributed by atoms with Gasteiger partial charge in [0.05, 0.1) is 6.61 Å². The van der Waals surface area contributed by atoms with E-state index in [1.807, 2.05) is 0 Å². The molecule has 3 aliphatic heterocycles. The molecule has 28 heavy (non-hydrogen) atoms. The molecular formula is C18H21N5O5. The summed E-state index contributed by atoms with van der Waals surface area (Å²) in [4.78, 5) is 27.5. The Labute approximate surface area is 161 Å². The average Bonchev–Trinajstić information content (AvgIpc) is 3.29. The number of fused-ring (bicyclic) bond motifs is 1. The molecule has 3 heterocycles. The Kier molecular flexibility index (Phi) is 4.81. The number of carbonyl (C=O) groups excluding carboxylic acids is 1. The summed E-state index contributed by atoms with van der Waals surface area (Å²) < 4.78 is 11.1. The van der Waals surface area contributed by atoms with Crippen molar-refractivity contribution in [2.75, 3.05) is 20.4 Å². The van der Waals surface area contributed by atoms with Gasteiger partial charge in [-0.05, 0) is 0 Å². The normalized spacial score (nSPS) is 34.2. The largest absolute Gasteiger partial charge is 0.394 e. The van der Waals surface area contributed by atoms with E-state index in [2.05, 4.69) is 15.0 Å². The second-order valence-corrected chi connectivity index (χ2v) is 6.72. The van der Waals surface area contributed by atoms with Crippen LogP contribution in [0.25, 0.3) is 0 Å². The van der Waals surface area contributed by atoms with Gasteiger partial charge in [0.2, 0.25) is 11.4 Å². The molecule has 3 aliphatic rings. The number of ether oxygens (including phenoxy) is 2. The zero-order valence-corrected chi connectivity index (χ0v) is 15.2. The number of ketones is 1. The topological polar surface area (TPSA) is 142 Å². The third-order valence-corrected chi connectivity index (χ3v) is 5.12. The van der Waals surface area contributed by atoms with E-state index < -0.39 is 36.0 Å². The molecule has 0 radical (unpaired) electrons. The van der Waals surface area contributed by atoms with E-state index in [4.69, 9.17) is 15.2 Å². The highest BCUT2D eigenvalue weighted by molar-refractivity contribution is 6.52. The van der Waals surface area contributed by atoms with Crippen molar-refractivity contribution in [2.45, 2.75) is 30.2 Å². The van der Waals surface area contributed by atoms with Crippen molar-refractivity contribution in [3.8, 4) is 0 Å². The van der Waals surface area contributed by atoms with Crippen molar-refractivity contribution in [1.29, 1.82) is 0 Å². The molecule has 10 nitrogen and oxygen atoms in total. The molecule has 1 aromatic carbocycles. The Morgan fingerprint density at radius 1 is 1.43 bits per heavy atom. The first-order chi connectivity index (χ1) is 13.5. The molecule has 1 unspecified atom stereocenters. The monoisotopic (exact) mass is 387 g/mol. The first-order valence-corrected chi connectivity index (χ1v) is 8.80. The molecule has 4 rings (SSSR count). The van der Waals surface area contributed by atoms with Gasteiger partial charge in [0.1, 0.15) is 37.0 Å². The summed E-state index contributed by atoms with van der Waals surface area (Å²) in [5, 5.41) is 19.7. The lowest BCUT2D eigenvalue weighted by Gasteiger charge is -2.32. The van der Waals surface area contributed by atoms with Gasteiger partial charge in [-0.25, -0.2) is 9.98 Å². The number of carbonyl (C=O) groups is 1. The van der Waals surface area contributed by atoms with Gasteiger partial charge in [-0.15, -0.1) is 0 Å². The highest BCUT2D eigenvalue weighted by atomic mass is 16.6. The SMILES string of the molecule is CO[C@@H]1[C@H](O)[C@@H](CO)O[C@H]1N1CN=C2C1=NC=NC2(N)C(=O)c1ccccc1. The maximum atomic E-state index is 13.0. The van der Waals surface area contributed by atoms with Gasteiger partial charge in [-0.1, -0.05) is 30.3 Å². The van der Waals surface area contributed by atoms with E-state index in [1.54, 1.807) is 35.2 Å². The third kappa shape index (κ3) is 2.77. The summed E-state index contributed by atoms with van der Waals surface area (Å²) in [6, 6.07) is 8.61. The van der Waals surface area contributed by atoms with Crippen LogP contribution in [0, 0.1) is 0 Å². The van der Waals surface area contributed by atoms with Crippen molar-refractivity contribution in [1.82, 2.24) is 4.90 Å². The van der Waals surface area contributed by atoms with Crippen molar-refractivity contribution >= 4 is 23.7 Å². The summed E-state index contributed by atoms with van der Waals surface area (Å²) in [5.41, 5.74) is 5.31. The Morgan fingerprint density at radius 3 is 2.86 bits per heavy atom. The molecule has 4 N–H and O–H groups in total. The molecule has 0 aliphatic carbocycles. The van der Waals surface area contributed by atoms with Crippen molar-refractivity contribution in [3.63, 3.8) is 0 Å². The predicted molar refractivity (Wildman–Crippen MR) is 100 cm³/mol.